The van der Waals surface area contributed by atoms with Gasteiger partial charge in [0, 0.05) is 32.2 Å². The van der Waals surface area contributed by atoms with Crippen LogP contribution in [-0.4, -0.2) is 54.9 Å². The van der Waals surface area contributed by atoms with Crippen LogP contribution in [0.2, 0.25) is 0 Å². The molecule has 2 N–H and O–H groups in total. The first-order chi connectivity index (χ1) is 9.57. The first kappa shape index (κ1) is 15.1. The van der Waals surface area contributed by atoms with E-state index in [0.29, 0.717) is 45.0 Å². The topological polar surface area (TPSA) is 78.9 Å². The van der Waals surface area contributed by atoms with Crippen molar-refractivity contribution in [2.24, 2.45) is 11.3 Å². The van der Waals surface area contributed by atoms with Crippen LogP contribution in [0, 0.1) is 11.3 Å². The van der Waals surface area contributed by atoms with Crippen molar-refractivity contribution in [1.82, 2.24) is 10.2 Å². The Morgan fingerprint density at radius 3 is 2.90 bits per heavy atom. The molecule has 2 aliphatic heterocycles. The number of likely N-dealkylation sites (tertiary alicyclic amines) is 1. The molecule has 2 saturated heterocycles. The van der Waals surface area contributed by atoms with Crippen LogP contribution in [0.1, 0.15) is 32.6 Å². The summed E-state index contributed by atoms with van der Waals surface area (Å²) in [6.45, 7) is 4.91. The number of nitrogens with zero attached hydrogens (tertiary/aromatic N) is 1. The Hall–Kier alpha value is -1.30. The van der Waals surface area contributed by atoms with Crippen molar-refractivity contribution in [2.45, 2.75) is 32.6 Å². The van der Waals surface area contributed by atoms with Gasteiger partial charge in [0.2, 0.25) is 0 Å². The molecule has 0 saturated carbocycles. The van der Waals surface area contributed by atoms with Crippen molar-refractivity contribution in [3.63, 3.8) is 0 Å². The minimum Gasteiger partial charge on any atom is -0.481 e. The summed E-state index contributed by atoms with van der Waals surface area (Å²) in [4.78, 5) is 25.2. The van der Waals surface area contributed by atoms with Gasteiger partial charge in [0.25, 0.3) is 0 Å². The molecule has 6 nitrogen and oxygen atoms in total. The fraction of sp³-hybridized carbons (Fsp3) is 0.857. The lowest BCUT2D eigenvalue weighted by Gasteiger charge is -2.24. The van der Waals surface area contributed by atoms with E-state index < -0.39 is 11.4 Å². The summed E-state index contributed by atoms with van der Waals surface area (Å²) in [5, 5.41) is 12.3. The van der Waals surface area contributed by atoms with Crippen LogP contribution in [0.3, 0.4) is 0 Å². The zero-order chi connectivity index (χ0) is 14.6. The van der Waals surface area contributed by atoms with Gasteiger partial charge >= 0.3 is 12.0 Å². The van der Waals surface area contributed by atoms with E-state index >= 15 is 0 Å². The van der Waals surface area contributed by atoms with E-state index in [1.165, 1.54) is 0 Å². The highest BCUT2D eigenvalue weighted by Crippen LogP contribution is 2.35. The molecule has 2 atom stereocenters. The van der Waals surface area contributed by atoms with E-state index in [2.05, 4.69) is 5.32 Å². The summed E-state index contributed by atoms with van der Waals surface area (Å²) < 4.78 is 5.27. The molecule has 20 heavy (non-hydrogen) atoms. The lowest BCUT2D eigenvalue weighted by Crippen LogP contribution is -2.43. The molecular weight excluding hydrogens is 260 g/mol. The number of carboxylic acid groups (broad SMARTS) is 1. The summed E-state index contributed by atoms with van der Waals surface area (Å²) in [7, 11) is 0. The average molecular weight is 284 g/mol. The second-order valence-corrected chi connectivity index (χ2v) is 5.92. The van der Waals surface area contributed by atoms with E-state index in [9.17, 15) is 14.7 Å². The van der Waals surface area contributed by atoms with Gasteiger partial charge in [-0.3, -0.25) is 4.79 Å². The Kier molecular flexibility index (Phi) is 4.86. The van der Waals surface area contributed by atoms with Gasteiger partial charge in [-0.05, 0) is 19.3 Å². The van der Waals surface area contributed by atoms with Crippen molar-refractivity contribution >= 4 is 12.0 Å². The second kappa shape index (κ2) is 6.43. The summed E-state index contributed by atoms with van der Waals surface area (Å²) in [6.07, 6.45) is 2.98. The van der Waals surface area contributed by atoms with E-state index in [-0.39, 0.29) is 6.03 Å². The third kappa shape index (κ3) is 3.23. The first-order valence-electron chi connectivity index (χ1n) is 7.41. The van der Waals surface area contributed by atoms with Crippen LogP contribution in [-0.2, 0) is 9.53 Å². The Bertz CT molecular complexity index is 368. The zero-order valence-electron chi connectivity index (χ0n) is 12.1. The maximum atomic E-state index is 12.1. The molecule has 0 spiro atoms. The average Bonchev–Trinajstić information content (AvgIpc) is 3.06. The van der Waals surface area contributed by atoms with Gasteiger partial charge in [-0.2, -0.15) is 0 Å². The predicted octanol–water partition coefficient (Wildman–Crippen LogP) is 1.31. The Balaban J connectivity index is 1.84. The molecule has 114 valence electrons. The monoisotopic (exact) mass is 284 g/mol. The van der Waals surface area contributed by atoms with Gasteiger partial charge in [-0.1, -0.05) is 13.3 Å². The quantitative estimate of drug-likeness (QED) is 0.798. The molecule has 2 fully saturated rings. The molecule has 2 unspecified atom stereocenters. The highest BCUT2D eigenvalue weighted by molar-refractivity contribution is 5.79. The molecule has 0 aromatic carbocycles. The van der Waals surface area contributed by atoms with Crippen molar-refractivity contribution in [3.05, 3.63) is 0 Å². The van der Waals surface area contributed by atoms with Gasteiger partial charge < -0.3 is 20.1 Å². The third-order valence-electron chi connectivity index (χ3n) is 4.39. The van der Waals surface area contributed by atoms with Crippen molar-refractivity contribution < 1.29 is 19.4 Å². The zero-order valence-corrected chi connectivity index (χ0v) is 12.1. The number of carbonyl (C=O) groups is 2. The van der Waals surface area contributed by atoms with Crippen molar-refractivity contribution in [3.8, 4) is 0 Å². The summed E-state index contributed by atoms with van der Waals surface area (Å²) in [5.74, 6) is -0.389. The number of aliphatic carboxylic acids is 1. The fourth-order valence-electron chi connectivity index (χ4n) is 3.10. The molecule has 0 bridgehead atoms. The number of nitrogens with one attached hydrogen (secondary N) is 1. The maximum Gasteiger partial charge on any atom is 0.317 e. The molecule has 2 heterocycles. The van der Waals surface area contributed by atoms with Crippen molar-refractivity contribution in [2.75, 3.05) is 32.8 Å². The smallest absolute Gasteiger partial charge is 0.317 e. The summed E-state index contributed by atoms with van der Waals surface area (Å²) in [5.41, 5.74) is -0.747. The molecule has 0 radical (unpaired) electrons. The minimum atomic E-state index is -0.779. The molecule has 0 aromatic heterocycles. The fourth-order valence-corrected chi connectivity index (χ4v) is 3.10. The predicted molar refractivity (Wildman–Crippen MR) is 73.5 cm³/mol. The van der Waals surface area contributed by atoms with Crippen LogP contribution < -0.4 is 5.32 Å². The molecule has 2 aliphatic rings. The Labute approximate surface area is 119 Å². The first-order valence-corrected chi connectivity index (χ1v) is 7.41. The van der Waals surface area contributed by atoms with Crippen molar-refractivity contribution in [1.29, 1.82) is 0 Å². The van der Waals surface area contributed by atoms with Gasteiger partial charge in [-0.25, -0.2) is 4.79 Å². The third-order valence-corrected chi connectivity index (χ3v) is 4.39. The number of hydrogen-bond donors (Lipinski definition) is 2. The van der Waals surface area contributed by atoms with Crippen LogP contribution in [0.4, 0.5) is 4.79 Å². The van der Waals surface area contributed by atoms with E-state index in [0.717, 1.165) is 19.4 Å². The molecule has 6 heteroatoms. The van der Waals surface area contributed by atoms with Gasteiger partial charge in [0.1, 0.15) is 0 Å². The maximum absolute atomic E-state index is 12.1. The van der Waals surface area contributed by atoms with Crippen LogP contribution >= 0.6 is 0 Å². The van der Waals surface area contributed by atoms with Crippen LogP contribution in [0.15, 0.2) is 0 Å². The number of rotatable bonds is 5. The van der Waals surface area contributed by atoms with E-state index in [4.69, 9.17) is 4.74 Å². The van der Waals surface area contributed by atoms with Crippen LogP contribution in [0.5, 0.6) is 0 Å². The van der Waals surface area contributed by atoms with E-state index in [1.54, 1.807) is 4.90 Å². The lowest BCUT2D eigenvalue weighted by atomic mass is 9.83. The number of carboxylic acids is 1. The number of ether oxygens (including phenoxy) is 1. The normalized spacial score (nSPS) is 29.6. The van der Waals surface area contributed by atoms with E-state index in [1.807, 2.05) is 6.92 Å². The molecule has 0 aliphatic carbocycles. The molecule has 0 aromatic rings. The standard InChI is InChI=1S/C14H24N2O4/c1-2-4-14(12(17)18)5-6-16(10-14)13(19)15-8-11-3-7-20-9-11/h11H,2-10H2,1H3,(H,15,19)(H,17,18). The largest absolute Gasteiger partial charge is 0.481 e. The second-order valence-electron chi connectivity index (χ2n) is 5.92. The highest BCUT2D eigenvalue weighted by atomic mass is 16.5. The molecular formula is C14H24N2O4. The van der Waals surface area contributed by atoms with Gasteiger partial charge in [0.15, 0.2) is 0 Å². The van der Waals surface area contributed by atoms with Gasteiger partial charge in [0.05, 0.1) is 12.0 Å². The van der Waals surface area contributed by atoms with Gasteiger partial charge in [-0.15, -0.1) is 0 Å². The minimum absolute atomic E-state index is 0.142. The summed E-state index contributed by atoms with van der Waals surface area (Å²) in [6, 6.07) is -0.142. The number of urea groups is 1. The Morgan fingerprint density at radius 2 is 2.30 bits per heavy atom. The number of amides is 2. The number of hydrogen-bond acceptors (Lipinski definition) is 3. The SMILES string of the molecule is CCCC1(C(=O)O)CCN(C(=O)NCC2CCOC2)C1. The molecule has 2 amide bonds. The molecule has 2 rings (SSSR count). The highest BCUT2D eigenvalue weighted by Gasteiger charge is 2.45. The number of carbonyl (C=O) groups excluding carboxylic acids is 1. The van der Waals surface area contributed by atoms with Crippen LogP contribution in [0.25, 0.3) is 0 Å². The summed E-state index contributed by atoms with van der Waals surface area (Å²) >= 11 is 0. The Morgan fingerprint density at radius 1 is 1.50 bits per heavy atom. The lowest BCUT2D eigenvalue weighted by molar-refractivity contribution is -0.148.